The summed E-state index contributed by atoms with van der Waals surface area (Å²) in [4.78, 5) is 41.0. The number of rotatable bonds is 9. The van der Waals surface area contributed by atoms with Crippen LogP contribution in [0.4, 0.5) is 4.79 Å². The van der Waals surface area contributed by atoms with Crippen LogP contribution >= 0.6 is 0 Å². The van der Waals surface area contributed by atoms with Gasteiger partial charge in [-0.2, -0.15) is 5.26 Å². The number of nitrogens with zero attached hydrogens (tertiary/aromatic N) is 2. The SMILES string of the molecule is COCCC1(Oc2ccc(Oc3ccc(-c4cnc(-c5ccccc5C#N)o4)cc3)cc2)C(=O)NC(=O)NC1=O. The Balaban J connectivity index is 1.27. The number of benzene rings is 3. The van der Waals surface area contributed by atoms with Gasteiger partial charge in [-0.05, 0) is 60.7 Å². The average molecular weight is 539 g/mol. The molecule has 11 heteroatoms. The van der Waals surface area contributed by atoms with Gasteiger partial charge in [0.15, 0.2) is 5.76 Å². The standard InChI is InChI=1S/C29H22N4O7/c1-37-15-14-29(26(34)32-28(36)33-27(29)35)40-22-12-10-21(11-13-22)38-20-8-6-18(7-9-20)24-17-31-25(39-24)23-5-3-2-4-19(23)16-30/h2-13,17H,14-15H2,1H3,(H2,32,33,34,35,36). The zero-order valence-corrected chi connectivity index (χ0v) is 21.2. The van der Waals surface area contributed by atoms with Gasteiger partial charge < -0.3 is 18.6 Å². The molecular weight excluding hydrogens is 516 g/mol. The third-order valence-corrected chi connectivity index (χ3v) is 6.12. The fourth-order valence-corrected chi connectivity index (χ4v) is 4.06. The van der Waals surface area contributed by atoms with E-state index in [0.29, 0.717) is 34.3 Å². The number of nitriles is 1. The Morgan fingerprint density at radius 2 is 1.52 bits per heavy atom. The normalized spacial score (nSPS) is 14.2. The number of carbonyl (C=O) groups excluding carboxylic acids is 3. The van der Waals surface area contributed by atoms with Crippen molar-refractivity contribution < 1.29 is 33.0 Å². The number of nitrogens with one attached hydrogen (secondary N) is 2. The maximum Gasteiger partial charge on any atom is 0.328 e. The number of barbiturate groups is 1. The van der Waals surface area contributed by atoms with Crippen molar-refractivity contribution in [3.63, 3.8) is 0 Å². The van der Waals surface area contributed by atoms with Gasteiger partial charge in [-0.3, -0.25) is 20.2 Å². The van der Waals surface area contributed by atoms with Gasteiger partial charge in [0, 0.05) is 19.1 Å². The number of aromatic nitrogens is 1. The number of imide groups is 2. The minimum atomic E-state index is -1.96. The molecule has 1 aliphatic rings. The molecule has 1 saturated heterocycles. The maximum atomic E-state index is 12.6. The Hall–Kier alpha value is -5.47. The van der Waals surface area contributed by atoms with Crippen LogP contribution in [0, 0.1) is 11.3 Å². The van der Waals surface area contributed by atoms with Crippen LogP contribution in [0.1, 0.15) is 12.0 Å². The molecule has 0 spiro atoms. The number of methoxy groups -OCH3 is 1. The van der Waals surface area contributed by atoms with Gasteiger partial charge in [0.05, 0.1) is 30.0 Å². The first-order chi connectivity index (χ1) is 19.4. The maximum absolute atomic E-state index is 12.6. The van der Waals surface area contributed by atoms with Gasteiger partial charge in [-0.25, -0.2) is 9.78 Å². The molecule has 40 heavy (non-hydrogen) atoms. The molecule has 0 unspecified atom stereocenters. The summed E-state index contributed by atoms with van der Waals surface area (Å²) in [6.45, 7) is 0.0504. The Morgan fingerprint density at radius 1 is 0.900 bits per heavy atom. The highest BCUT2D eigenvalue weighted by Gasteiger charge is 2.52. The molecule has 1 aromatic heterocycles. The lowest BCUT2D eigenvalue weighted by Gasteiger charge is -2.34. The Bertz CT molecular complexity index is 1580. The lowest BCUT2D eigenvalue weighted by atomic mass is 9.95. The van der Waals surface area contributed by atoms with Gasteiger partial charge in [0.25, 0.3) is 17.4 Å². The van der Waals surface area contributed by atoms with E-state index in [4.69, 9.17) is 18.6 Å². The summed E-state index contributed by atoms with van der Waals surface area (Å²) in [5, 5.41) is 13.5. The Kier molecular flexibility index (Phi) is 7.26. The van der Waals surface area contributed by atoms with Crippen LogP contribution in [0.2, 0.25) is 0 Å². The minimum Gasteiger partial charge on any atom is -0.467 e. The number of hydrogen-bond acceptors (Lipinski definition) is 9. The fraction of sp³-hybridized carbons (Fsp3) is 0.138. The zero-order valence-electron chi connectivity index (χ0n) is 21.2. The third kappa shape index (κ3) is 5.24. The van der Waals surface area contributed by atoms with Crippen molar-refractivity contribution >= 4 is 17.8 Å². The second kappa shape index (κ2) is 11.1. The Morgan fingerprint density at radius 3 is 2.17 bits per heavy atom. The number of urea groups is 1. The van der Waals surface area contributed by atoms with E-state index in [9.17, 15) is 19.6 Å². The van der Waals surface area contributed by atoms with Crippen molar-refractivity contribution in [2.24, 2.45) is 0 Å². The fourth-order valence-electron chi connectivity index (χ4n) is 4.06. The van der Waals surface area contributed by atoms with E-state index in [1.165, 1.54) is 7.11 Å². The van der Waals surface area contributed by atoms with Crippen LogP contribution in [0.25, 0.3) is 22.8 Å². The van der Waals surface area contributed by atoms with Crippen LogP contribution < -0.4 is 20.1 Å². The molecule has 3 aromatic carbocycles. The van der Waals surface area contributed by atoms with Crippen molar-refractivity contribution in [3.8, 4) is 46.1 Å². The second-order valence-corrected chi connectivity index (χ2v) is 8.69. The lowest BCUT2D eigenvalue weighted by molar-refractivity contribution is -0.153. The van der Waals surface area contributed by atoms with Gasteiger partial charge in [-0.15, -0.1) is 0 Å². The van der Waals surface area contributed by atoms with Crippen LogP contribution in [0.15, 0.2) is 83.4 Å². The summed E-state index contributed by atoms with van der Waals surface area (Å²) in [6.07, 6.45) is 1.50. The highest BCUT2D eigenvalue weighted by atomic mass is 16.5. The number of oxazole rings is 1. The van der Waals surface area contributed by atoms with E-state index in [0.717, 1.165) is 5.56 Å². The summed E-state index contributed by atoms with van der Waals surface area (Å²) < 4.78 is 22.6. The topological polar surface area (TPSA) is 153 Å². The molecule has 0 atom stereocenters. The van der Waals surface area contributed by atoms with Crippen molar-refractivity contribution in [1.82, 2.24) is 15.6 Å². The molecule has 4 aromatic rings. The van der Waals surface area contributed by atoms with E-state index >= 15 is 0 Å². The third-order valence-electron chi connectivity index (χ3n) is 6.12. The summed E-state index contributed by atoms with van der Waals surface area (Å²) in [5.41, 5.74) is -0.0967. The summed E-state index contributed by atoms with van der Waals surface area (Å²) in [5.74, 6) is 0.405. The highest BCUT2D eigenvalue weighted by Crippen LogP contribution is 2.31. The molecule has 2 N–H and O–H groups in total. The molecule has 0 aliphatic carbocycles. The van der Waals surface area contributed by atoms with Gasteiger partial charge in [0.1, 0.15) is 17.2 Å². The van der Waals surface area contributed by atoms with Crippen LogP contribution in [0.3, 0.4) is 0 Å². The molecule has 0 bridgehead atoms. The monoisotopic (exact) mass is 538 g/mol. The number of carbonyl (C=O) groups is 3. The quantitative estimate of drug-likeness (QED) is 0.299. The molecule has 4 amide bonds. The molecule has 1 aliphatic heterocycles. The average Bonchev–Trinajstić information content (AvgIpc) is 3.46. The first-order valence-corrected chi connectivity index (χ1v) is 12.1. The van der Waals surface area contributed by atoms with Gasteiger partial charge in [-0.1, -0.05) is 12.1 Å². The van der Waals surface area contributed by atoms with Crippen molar-refractivity contribution in [1.29, 1.82) is 5.26 Å². The largest absolute Gasteiger partial charge is 0.467 e. The van der Waals surface area contributed by atoms with E-state index in [1.54, 1.807) is 60.8 Å². The predicted molar refractivity (Wildman–Crippen MR) is 140 cm³/mol. The van der Waals surface area contributed by atoms with E-state index in [2.05, 4.69) is 21.7 Å². The molecule has 0 saturated carbocycles. The molecule has 11 nitrogen and oxygen atoms in total. The predicted octanol–water partition coefficient (Wildman–Crippen LogP) is 4.19. The first-order valence-electron chi connectivity index (χ1n) is 12.1. The van der Waals surface area contributed by atoms with Gasteiger partial charge in [0.2, 0.25) is 5.89 Å². The molecule has 1 fully saturated rings. The number of ether oxygens (including phenoxy) is 3. The molecule has 5 rings (SSSR count). The molecule has 200 valence electrons. The zero-order chi connectivity index (χ0) is 28.1. The summed E-state index contributed by atoms with van der Waals surface area (Å²) >= 11 is 0. The van der Waals surface area contributed by atoms with Crippen LogP contribution in [-0.2, 0) is 14.3 Å². The smallest absolute Gasteiger partial charge is 0.328 e. The second-order valence-electron chi connectivity index (χ2n) is 8.69. The van der Waals surface area contributed by atoms with Crippen molar-refractivity contribution in [2.75, 3.05) is 13.7 Å². The van der Waals surface area contributed by atoms with E-state index in [-0.39, 0.29) is 18.8 Å². The summed E-state index contributed by atoms with van der Waals surface area (Å²) in [6, 6.07) is 21.8. The van der Waals surface area contributed by atoms with E-state index in [1.807, 2.05) is 18.2 Å². The van der Waals surface area contributed by atoms with Crippen molar-refractivity contribution in [2.45, 2.75) is 12.0 Å². The minimum absolute atomic E-state index is 0.0504. The highest BCUT2D eigenvalue weighted by molar-refractivity contribution is 6.21. The molecule has 2 heterocycles. The van der Waals surface area contributed by atoms with Gasteiger partial charge >= 0.3 is 6.03 Å². The molecular formula is C29H22N4O7. The molecule has 0 radical (unpaired) electrons. The summed E-state index contributed by atoms with van der Waals surface area (Å²) in [7, 11) is 1.43. The van der Waals surface area contributed by atoms with Crippen LogP contribution in [-0.4, -0.2) is 42.1 Å². The lowest BCUT2D eigenvalue weighted by Crippen LogP contribution is -2.69. The van der Waals surface area contributed by atoms with E-state index < -0.39 is 23.4 Å². The van der Waals surface area contributed by atoms with Crippen LogP contribution in [0.5, 0.6) is 17.2 Å². The number of amides is 4. The Labute approximate surface area is 228 Å². The van der Waals surface area contributed by atoms with Crippen molar-refractivity contribution in [3.05, 3.63) is 84.6 Å². The first kappa shape index (κ1) is 26.1. The number of hydrogen-bond donors (Lipinski definition) is 2.